The first-order valence-electron chi connectivity index (χ1n) is 2.09. The van der Waals surface area contributed by atoms with E-state index in [0.29, 0.717) is 5.69 Å². The van der Waals surface area contributed by atoms with Gasteiger partial charge in [0.25, 0.3) is 0 Å². The molecule has 0 aliphatic heterocycles. The molecule has 0 radical (unpaired) electrons. The summed E-state index contributed by atoms with van der Waals surface area (Å²) in [5, 5.41) is 15.3. The maximum Gasteiger partial charge on any atom is 0.158 e. The van der Waals surface area contributed by atoms with Crippen molar-refractivity contribution >= 4 is 0 Å². The lowest BCUT2D eigenvalue weighted by molar-refractivity contribution is 0.707. The van der Waals surface area contributed by atoms with E-state index in [2.05, 4.69) is 10.3 Å². The minimum Gasteiger partial charge on any atom is -0.238 e. The Morgan fingerprint density at radius 3 is 2.88 bits per heavy atom. The number of rotatable bonds is 0. The highest BCUT2D eigenvalue weighted by atomic mass is 15.4. The Kier molecular flexibility index (Phi) is 0.968. The van der Waals surface area contributed by atoms with E-state index in [1.807, 2.05) is 6.07 Å². The minimum absolute atomic E-state index is 0.477. The maximum atomic E-state index is 8.26. The van der Waals surface area contributed by atoms with Crippen molar-refractivity contribution in [3.63, 3.8) is 0 Å². The molecular formula is C4H4N4. The lowest BCUT2D eigenvalue weighted by Crippen LogP contribution is -1.92. The smallest absolute Gasteiger partial charge is 0.158 e. The highest BCUT2D eigenvalue weighted by molar-refractivity contribution is 5.13. The lowest BCUT2D eigenvalue weighted by atomic mass is 10.5. The molecule has 0 unspecified atom stereocenters. The molecule has 0 aromatic carbocycles. The van der Waals surface area contributed by atoms with Crippen molar-refractivity contribution in [1.82, 2.24) is 15.0 Å². The van der Waals surface area contributed by atoms with Gasteiger partial charge < -0.3 is 0 Å². The van der Waals surface area contributed by atoms with Crippen LogP contribution in [0.5, 0.6) is 0 Å². The first kappa shape index (κ1) is 4.78. The summed E-state index contributed by atoms with van der Waals surface area (Å²) < 4.78 is 1.42. The summed E-state index contributed by atoms with van der Waals surface area (Å²) in [6.45, 7) is 0. The third-order valence-electron chi connectivity index (χ3n) is 0.829. The van der Waals surface area contributed by atoms with Crippen molar-refractivity contribution in [1.29, 1.82) is 5.26 Å². The molecule has 0 amide bonds. The summed E-state index contributed by atoms with van der Waals surface area (Å²) in [5.74, 6) is 0. The zero-order valence-corrected chi connectivity index (χ0v) is 4.37. The van der Waals surface area contributed by atoms with E-state index in [0.717, 1.165) is 0 Å². The van der Waals surface area contributed by atoms with Crippen LogP contribution in [0.3, 0.4) is 0 Å². The van der Waals surface area contributed by atoms with Crippen LogP contribution < -0.4 is 0 Å². The number of hydrogen-bond donors (Lipinski definition) is 0. The molecule has 1 rings (SSSR count). The van der Waals surface area contributed by atoms with Gasteiger partial charge >= 0.3 is 0 Å². The molecule has 0 atom stereocenters. The second kappa shape index (κ2) is 1.62. The molecule has 0 aliphatic rings. The predicted octanol–water partition coefficient (Wildman–Crippen LogP) is -0.313. The van der Waals surface area contributed by atoms with Crippen LogP contribution in [0.2, 0.25) is 0 Å². The summed E-state index contributed by atoms with van der Waals surface area (Å²) in [5.41, 5.74) is 0.477. The Bertz CT molecular complexity index is 218. The molecule has 4 heteroatoms. The van der Waals surface area contributed by atoms with Crippen molar-refractivity contribution in [2.75, 3.05) is 0 Å². The Balaban J connectivity index is 3.15. The van der Waals surface area contributed by atoms with Crippen LogP contribution in [0.1, 0.15) is 5.69 Å². The van der Waals surface area contributed by atoms with Crippen LogP contribution in [0.25, 0.3) is 0 Å². The van der Waals surface area contributed by atoms with Crippen LogP contribution in [0.15, 0.2) is 6.20 Å². The molecule has 40 valence electrons. The van der Waals surface area contributed by atoms with Gasteiger partial charge in [-0.2, -0.15) is 5.26 Å². The fourth-order valence-corrected chi connectivity index (χ4v) is 0.391. The Morgan fingerprint density at radius 2 is 2.62 bits per heavy atom. The molecule has 0 fully saturated rings. The molecule has 0 bridgehead atoms. The average Bonchev–Trinajstić information content (AvgIpc) is 2.14. The van der Waals surface area contributed by atoms with Gasteiger partial charge in [0.1, 0.15) is 6.07 Å². The predicted molar refractivity (Wildman–Crippen MR) is 25.7 cm³/mol. The molecule has 0 N–H and O–H groups in total. The first-order valence-corrected chi connectivity index (χ1v) is 2.09. The monoisotopic (exact) mass is 108 g/mol. The zero-order chi connectivity index (χ0) is 5.98. The highest BCUT2D eigenvalue weighted by Crippen LogP contribution is 1.86. The van der Waals surface area contributed by atoms with E-state index < -0.39 is 0 Å². The van der Waals surface area contributed by atoms with Gasteiger partial charge in [-0.05, 0) is 0 Å². The summed E-state index contributed by atoms with van der Waals surface area (Å²) >= 11 is 0. The largest absolute Gasteiger partial charge is 0.238 e. The van der Waals surface area contributed by atoms with Gasteiger partial charge in [0.05, 0.1) is 6.20 Å². The van der Waals surface area contributed by atoms with Crippen molar-refractivity contribution < 1.29 is 0 Å². The number of nitriles is 1. The van der Waals surface area contributed by atoms with Gasteiger partial charge in [-0.25, -0.2) is 4.68 Å². The average molecular weight is 108 g/mol. The van der Waals surface area contributed by atoms with E-state index in [9.17, 15) is 0 Å². The van der Waals surface area contributed by atoms with Gasteiger partial charge in [0.15, 0.2) is 5.69 Å². The van der Waals surface area contributed by atoms with Crippen LogP contribution in [-0.4, -0.2) is 15.0 Å². The molecule has 1 heterocycles. The standard InChI is InChI=1S/C4H4N4/c1-8-4(2-5)3-6-7-8/h3H,1H3. The van der Waals surface area contributed by atoms with Gasteiger partial charge in [-0.3, -0.25) is 0 Å². The quantitative estimate of drug-likeness (QED) is 0.458. The molecule has 4 nitrogen and oxygen atoms in total. The third-order valence-corrected chi connectivity index (χ3v) is 0.829. The molecule has 1 aromatic rings. The second-order valence-electron chi connectivity index (χ2n) is 1.35. The van der Waals surface area contributed by atoms with Crippen molar-refractivity contribution in [2.45, 2.75) is 0 Å². The number of aromatic nitrogens is 3. The summed E-state index contributed by atoms with van der Waals surface area (Å²) in [4.78, 5) is 0. The Hall–Kier alpha value is -1.37. The number of nitrogens with zero attached hydrogens (tertiary/aromatic N) is 4. The zero-order valence-electron chi connectivity index (χ0n) is 4.37. The normalized spacial score (nSPS) is 8.50. The van der Waals surface area contributed by atoms with Gasteiger partial charge in [-0.15, -0.1) is 5.10 Å². The first-order chi connectivity index (χ1) is 3.84. The van der Waals surface area contributed by atoms with E-state index in [4.69, 9.17) is 5.26 Å². The molecular weight excluding hydrogens is 104 g/mol. The Morgan fingerprint density at radius 1 is 1.88 bits per heavy atom. The third kappa shape index (κ3) is 0.540. The maximum absolute atomic E-state index is 8.26. The lowest BCUT2D eigenvalue weighted by Gasteiger charge is -1.81. The van der Waals surface area contributed by atoms with Crippen molar-refractivity contribution in [3.8, 4) is 6.07 Å². The highest BCUT2D eigenvalue weighted by Gasteiger charge is 1.92. The molecule has 1 aromatic heterocycles. The number of aryl methyl sites for hydroxylation is 1. The van der Waals surface area contributed by atoms with Gasteiger partial charge in [0, 0.05) is 7.05 Å². The van der Waals surface area contributed by atoms with Crippen LogP contribution in [0, 0.1) is 11.3 Å². The second-order valence-corrected chi connectivity index (χ2v) is 1.35. The van der Waals surface area contributed by atoms with Gasteiger partial charge in [-0.1, -0.05) is 5.21 Å². The summed E-state index contributed by atoms with van der Waals surface area (Å²) in [7, 11) is 1.67. The molecule has 0 saturated heterocycles. The summed E-state index contributed by atoms with van der Waals surface area (Å²) in [6.07, 6.45) is 1.42. The van der Waals surface area contributed by atoms with Crippen LogP contribution in [-0.2, 0) is 7.05 Å². The van der Waals surface area contributed by atoms with Crippen LogP contribution >= 0.6 is 0 Å². The fraction of sp³-hybridized carbons (Fsp3) is 0.250. The molecule has 0 spiro atoms. The molecule has 8 heavy (non-hydrogen) atoms. The topological polar surface area (TPSA) is 54.5 Å². The minimum atomic E-state index is 0.477. The van der Waals surface area contributed by atoms with E-state index >= 15 is 0 Å². The van der Waals surface area contributed by atoms with Gasteiger partial charge in [0.2, 0.25) is 0 Å². The van der Waals surface area contributed by atoms with E-state index in [1.165, 1.54) is 10.9 Å². The Labute approximate surface area is 46.3 Å². The summed E-state index contributed by atoms with van der Waals surface area (Å²) in [6, 6.07) is 1.91. The van der Waals surface area contributed by atoms with Crippen molar-refractivity contribution in [3.05, 3.63) is 11.9 Å². The van der Waals surface area contributed by atoms with E-state index in [1.54, 1.807) is 7.05 Å². The van der Waals surface area contributed by atoms with Crippen molar-refractivity contribution in [2.24, 2.45) is 7.05 Å². The molecule has 0 aliphatic carbocycles. The SMILES string of the molecule is Cn1nncc1C#N. The molecule has 0 saturated carbocycles. The fourth-order valence-electron chi connectivity index (χ4n) is 0.391. The number of hydrogen-bond acceptors (Lipinski definition) is 3. The van der Waals surface area contributed by atoms with E-state index in [-0.39, 0.29) is 0 Å². The van der Waals surface area contributed by atoms with Crippen LogP contribution in [0.4, 0.5) is 0 Å².